The maximum Gasteiger partial charge on any atom is 0.269 e. The number of sulfonamides is 1. The van der Waals surface area contributed by atoms with E-state index in [1.54, 1.807) is 24.3 Å². The SMILES string of the molecule is COc1ccccc1NS(=O)(=O)c1cccc(C(=O)NNC(=O)C2C(C=C(C)C)C2(C)C)c1. The number of anilines is 1. The van der Waals surface area contributed by atoms with Crippen molar-refractivity contribution in [3.05, 3.63) is 65.7 Å². The number of hydrogen-bond donors (Lipinski definition) is 3. The van der Waals surface area contributed by atoms with E-state index in [9.17, 15) is 18.0 Å². The summed E-state index contributed by atoms with van der Waals surface area (Å²) in [6.07, 6.45) is 2.06. The van der Waals surface area contributed by atoms with E-state index in [1.807, 2.05) is 27.7 Å². The van der Waals surface area contributed by atoms with Crippen molar-refractivity contribution >= 4 is 27.5 Å². The van der Waals surface area contributed by atoms with Gasteiger partial charge in [-0.25, -0.2) is 8.42 Å². The Morgan fingerprint density at radius 2 is 1.73 bits per heavy atom. The largest absolute Gasteiger partial charge is 0.495 e. The molecule has 1 saturated carbocycles. The Morgan fingerprint density at radius 1 is 1.03 bits per heavy atom. The lowest BCUT2D eigenvalue weighted by Gasteiger charge is -2.12. The van der Waals surface area contributed by atoms with Crippen LogP contribution in [0.4, 0.5) is 5.69 Å². The second kappa shape index (κ2) is 9.27. The van der Waals surface area contributed by atoms with Crippen LogP contribution in [0.3, 0.4) is 0 Å². The van der Waals surface area contributed by atoms with Crippen LogP contribution in [-0.2, 0) is 14.8 Å². The number of rotatable bonds is 7. The molecule has 0 aliphatic heterocycles. The maximum atomic E-state index is 12.8. The molecule has 3 rings (SSSR count). The van der Waals surface area contributed by atoms with Gasteiger partial charge < -0.3 is 4.74 Å². The summed E-state index contributed by atoms with van der Waals surface area (Å²) in [5, 5.41) is 0. The molecule has 2 amide bonds. The second-order valence-corrected chi connectivity index (χ2v) is 10.5. The molecule has 0 saturated heterocycles. The number of ether oxygens (including phenoxy) is 1. The summed E-state index contributed by atoms with van der Waals surface area (Å²) in [5.74, 6) is -0.669. The van der Waals surface area contributed by atoms with Gasteiger partial charge in [0.1, 0.15) is 5.75 Å². The fourth-order valence-electron chi connectivity index (χ4n) is 3.85. The molecule has 0 aromatic heterocycles. The Labute approximate surface area is 194 Å². The number of nitrogens with one attached hydrogen (secondary N) is 3. The highest BCUT2D eigenvalue weighted by Gasteiger charge is 2.60. The van der Waals surface area contributed by atoms with Crippen molar-refractivity contribution < 1.29 is 22.7 Å². The molecule has 0 spiro atoms. The zero-order chi connectivity index (χ0) is 24.4. The van der Waals surface area contributed by atoms with E-state index >= 15 is 0 Å². The van der Waals surface area contributed by atoms with Crippen LogP contribution < -0.4 is 20.3 Å². The zero-order valence-electron chi connectivity index (χ0n) is 19.3. The van der Waals surface area contributed by atoms with Crippen molar-refractivity contribution in [1.29, 1.82) is 0 Å². The lowest BCUT2D eigenvalue weighted by Crippen LogP contribution is -2.43. The Hall–Kier alpha value is -3.33. The van der Waals surface area contributed by atoms with E-state index in [1.165, 1.54) is 31.4 Å². The molecule has 3 N–H and O–H groups in total. The van der Waals surface area contributed by atoms with Gasteiger partial charge >= 0.3 is 0 Å². The predicted octanol–water partition coefficient (Wildman–Crippen LogP) is 3.50. The van der Waals surface area contributed by atoms with Gasteiger partial charge in [0.25, 0.3) is 15.9 Å². The zero-order valence-corrected chi connectivity index (χ0v) is 20.1. The van der Waals surface area contributed by atoms with E-state index in [-0.39, 0.29) is 39.3 Å². The standard InChI is InChI=1S/C24H29N3O5S/c1-15(2)13-18-21(24(18,3)4)23(29)26-25-22(28)16-9-8-10-17(14-16)33(30,31)27-19-11-6-7-12-20(19)32-5/h6-14,18,21,27H,1-5H3,(H,25,28)(H,26,29). The minimum absolute atomic E-state index is 0.0918. The molecule has 0 heterocycles. The van der Waals surface area contributed by atoms with Crippen LogP contribution in [-0.4, -0.2) is 27.3 Å². The van der Waals surface area contributed by atoms with Crippen LogP contribution in [0.15, 0.2) is 65.1 Å². The lowest BCUT2D eigenvalue weighted by atomic mass is 10.1. The summed E-state index contributed by atoms with van der Waals surface area (Å²) in [5.41, 5.74) is 6.16. The summed E-state index contributed by atoms with van der Waals surface area (Å²) >= 11 is 0. The van der Waals surface area contributed by atoms with Gasteiger partial charge in [0.15, 0.2) is 0 Å². The summed E-state index contributed by atoms with van der Waals surface area (Å²) in [7, 11) is -2.53. The minimum atomic E-state index is -3.97. The predicted molar refractivity (Wildman–Crippen MR) is 126 cm³/mol. The quantitative estimate of drug-likeness (QED) is 0.423. The number of para-hydroxylation sites is 2. The van der Waals surface area contributed by atoms with Crippen molar-refractivity contribution in [2.75, 3.05) is 11.8 Å². The molecule has 33 heavy (non-hydrogen) atoms. The highest BCUT2D eigenvalue weighted by molar-refractivity contribution is 7.92. The summed E-state index contributed by atoms with van der Waals surface area (Å²) < 4.78 is 33.3. The molecule has 0 radical (unpaired) electrons. The van der Waals surface area contributed by atoms with Crippen LogP contribution in [0.25, 0.3) is 0 Å². The Morgan fingerprint density at radius 3 is 2.39 bits per heavy atom. The van der Waals surface area contributed by atoms with E-state index in [4.69, 9.17) is 4.74 Å². The van der Waals surface area contributed by atoms with E-state index in [0.29, 0.717) is 5.75 Å². The fraction of sp³-hybridized carbons (Fsp3) is 0.333. The van der Waals surface area contributed by atoms with Gasteiger partial charge in [0.2, 0.25) is 5.91 Å². The maximum absolute atomic E-state index is 12.8. The molecule has 1 aliphatic carbocycles. The molecule has 1 aliphatic rings. The average molecular weight is 472 g/mol. The molecule has 8 nitrogen and oxygen atoms in total. The Bertz CT molecular complexity index is 1200. The minimum Gasteiger partial charge on any atom is -0.495 e. The van der Waals surface area contributed by atoms with Gasteiger partial charge in [-0.1, -0.05) is 43.7 Å². The van der Waals surface area contributed by atoms with Crippen molar-refractivity contribution in [3.8, 4) is 5.75 Å². The monoisotopic (exact) mass is 471 g/mol. The second-order valence-electron chi connectivity index (χ2n) is 8.85. The number of allylic oxidation sites excluding steroid dienone is 2. The van der Waals surface area contributed by atoms with Crippen molar-refractivity contribution in [3.63, 3.8) is 0 Å². The summed E-state index contributed by atoms with van der Waals surface area (Å²) in [6, 6.07) is 12.2. The lowest BCUT2D eigenvalue weighted by molar-refractivity contribution is -0.123. The Kier molecular flexibility index (Phi) is 6.83. The van der Waals surface area contributed by atoms with Gasteiger partial charge in [0.05, 0.1) is 23.6 Å². The number of benzene rings is 2. The first kappa shape index (κ1) is 24.3. The highest BCUT2D eigenvalue weighted by Crippen LogP contribution is 2.59. The molecule has 9 heteroatoms. The normalized spacial score (nSPS) is 18.6. The molecule has 2 unspecified atom stereocenters. The summed E-state index contributed by atoms with van der Waals surface area (Å²) in [6.45, 7) is 7.97. The average Bonchev–Trinajstić information content (AvgIpc) is 3.30. The van der Waals surface area contributed by atoms with Crippen LogP contribution in [0, 0.1) is 17.3 Å². The third-order valence-corrected chi connectivity index (χ3v) is 7.13. The third-order valence-electron chi connectivity index (χ3n) is 5.76. The molecule has 1 fully saturated rings. The van der Waals surface area contributed by atoms with Crippen molar-refractivity contribution in [1.82, 2.24) is 10.9 Å². The first-order valence-corrected chi connectivity index (χ1v) is 12.0. The van der Waals surface area contributed by atoms with Gasteiger partial charge in [0, 0.05) is 5.56 Å². The van der Waals surface area contributed by atoms with Gasteiger partial charge in [-0.3, -0.25) is 25.2 Å². The molecule has 2 aromatic rings. The van der Waals surface area contributed by atoms with E-state index in [2.05, 4.69) is 21.6 Å². The fourth-order valence-corrected chi connectivity index (χ4v) is 4.97. The Balaban J connectivity index is 1.68. The first-order chi connectivity index (χ1) is 15.5. The van der Waals surface area contributed by atoms with Gasteiger partial charge in [-0.2, -0.15) is 0 Å². The first-order valence-electron chi connectivity index (χ1n) is 10.5. The topological polar surface area (TPSA) is 114 Å². The molecular weight excluding hydrogens is 442 g/mol. The number of carbonyl (C=O) groups is 2. The van der Waals surface area contributed by atoms with Crippen LogP contribution in [0.5, 0.6) is 5.75 Å². The molecule has 176 valence electrons. The molecular formula is C24H29N3O5S. The number of methoxy groups -OCH3 is 1. The van der Waals surface area contributed by atoms with E-state index in [0.717, 1.165) is 5.57 Å². The van der Waals surface area contributed by atoms with Gasteiger partial charge in [-0.05, 0) is 55.5 Å². The van der Waals surface area contributed by atoms with Gasteiger partial charge in [-0.15, -0.1) is 0 Å². The van der Waals surface area contributed by atoms with Crippen LogP contribution >= 0.6 is 0 Å². The molecule has 0 bridgehead atoms. The number of amides is 2. The van der Waals surface area contributed by atoms with Crippen LogP contribution in [0.1, 0.15) is 38.1 Å². The van der Waals surface area contributed by atoms with Crippen molar-refractivity contribution in [2.45, 2.75) is 32.6 Å². The van der Waals surface area contributed by atoms with Crippen molar-refractivity contribution in [2.24, 2.45) is 17.3 Å². The van der Waals surface area contributed by atoms with E-state index < -0.39 is 15.9 Å². The summed E-state index contributed by atoms with van der Waals surface area (Å²) in [4.78, 5) is 25.0. The molecule has 2 aromatic carbocycles. The highest BCUT2D eigenvalue weighted by atomic mass is 32.2. The smallest absolute Gasteiger partial charge is 0.269 e. The number of carbonyl (C=O) groups excluding carboxylic acids is 2. The number of hydrazine groups is 1. The third kappa shape index (κ3) is 5.36. The number of hydrogen-bond acceptors (Lipinski definition) is 5. The molecule has 2 atom stereocenters. The van der Waals surface area contributed by atoms with Crippen LogP contribution in [0.2, 0.25) is 0 Å².